The van der Waals surface area contributed by atoms with Gasteiger partial charge in [0, 0.05) is 4.88 Å². The zero-order valence-electron chi connectivity index (χ0n) is 16.0. The minimum Gasteiger partial charge on any atom is -0.465 e. The zero-order valence-corrected chi connectivity index (χ0v) is 17.6. The number of esters is 2. The van der Waals surface area contributed by atoms with E-state index in [0.717, 1.165) is 11.3 Å². The van der Waals surface area contributed by atoms with Gasteiger partial charge in [-0.05, 0) is 38.1 Å². The summed E-state index contributed by atoms with van der Waals surface area (Å²) in [6.07, 6.45) is 0. The first-order valence-electron chi connectivity index (χ1n) is 8.34. The lowest BCUT2D eigenvalue weighted by molar-refractivity contribution is 0.0529. The lowest BCUT2D eigenvalue weighted by Crippen LogP contribution is -2.10. The van der Waals surface area contributed by atoms with Crippen molar-refractivity contribution in [2.24, 2.45) is 0 Å². The van der Waals surface area contributed by atoms with Crippen molar-refractivity contribution in [3.8, 4) is 21.1 Å². The minimum atomic E-state index is -0.843. The third kappa shape index (κ3) is 3.79. The molecule has 0 aliphatic rings. The fraction of sp³-hybridized carbons (Fsp3) is 0.200. The summed E-state index contributed by atoms with van der Waals surface area (Å²) in [5.41, 5.74) is 0.218. The van der Waals surface area contributed by atoms with Crippen LogP contribution in [-0.2, 0) is 9.47 Å². The van der Waals surface area contributed by atoms with Gasteiger partial charge in [0.15, 0.2) is 17.3 Å². The molecule has 0 aliphatic heterocycles. The third-order valence-corrected chi connectivity index (χ3v) is 6.43. The van der Waals surface area contributed by atoms with Crippen LogP contribution in [0.4, 0.5) is 0 Å². The molecule has 7 nitrogen and oxygen atoms in total. The first kappa shape index (κ1) is 20.7. The van der Waals surface area contributed by atoms with Gasteiger partial charge in [0.05, 0.1) is 34.4 Å². The number of Topliss-reactive ketones (excluding diaryl/α,β-unsaturated/α-hetero) is 2. The molecule has 0 unspecified atom stereocenters. The van der Waals surface area contributed by atoms with Crippen LogP contribution in [0.2, 0.25) is 0 Å². The number of furan rings is 1. The molecule has 0 fully saturated rings. The molecule has 0 amide bonds. The summed E-state index contributed by atoms with van der Waals surface area (Å²) >= 11 is 2.33. The fourth-order valence-corrected chi connectivity index (χ4v) is 4.52. The van der Waals surface area contributed by atoms with E-state index >= 15 is 0 Å². The normalized spacial score (nSPS) is 10.6. The van der Waals surface area contributed by atoms with Gasteiger partial charge in [0.2, 0.25) is 5.76 Å². The summed E-state index contributed by atoms with van der Waals surface area (Å²) < 4.78 is 15.4. The van der Waals surface area contributed by atoms with E-state index in [1.165, 1.54) is 39.4 Å². The van der Waals surface area contributed by atoms with Crippen molar-refractivity contribution < 1.29 is 33.1 Å². The minimum absolute atomic E-state index is 0.0934. The molecule has 29 heavy (non-hydrogen) atoms. The molecule has 150 valence electrons. The lowest BCUT2D eigenvalue weighted by atomic mass is 10.1. The number of carbonyl (C=O) groups is 4. The molecule has 0 bridgehead atoms. The zero-order chi connectivity index (χ0) is 21.3. The lowest BCUT2D eigenvalue weighted by Gasteiger charge is -2.03. The number of hydrogen-bond acceptors (Lipinski definition) is 9. The highest BCUT2D eigenvalue weighted by molar-refractivity contribution is 7.18. The van der Waals surface area contributed by atoms with Gasteiger partial charge in [0.1, 0.15) is 5.56 Å². The number of methoxy groups -OCH3 is 2. The highest BCUT2D eigenvalue weighted by Gasteiger charge is 2.33. The van der Waals surface area contributed by atoms with Crippen LogP contribution in [0.1, 0.15) is 54.1 Å². The first-order chi connectivity index (χ1) is 13.8. The van der Waals surface area contributed by atoms with Crippen LogP contribution in [0.25, 0.3) is 21.1 Å². The molecule has 0 aliphatic carbocycles. The quantitative estimate of drug-likeness (QED) is 0.410. The predicted molar refractivity (Wildman–Crippen MR) is 108 cm³/mol. The van der Waals surface area contributed by atoms with Crippen molar-refractivity contribution in [3.63, 3.8) is 0 Å². The Morgan fingerprint density at radius 1 is 0.793 bits per heavy atom. The molecule has 0 aromatic carbocycles. The van der Waals surface area contributed by atoms with Crippen molar-refractivity contribution in [1.29, 1.82) is 0 Å². The van der Waals surface area contributed by atoms with Crippen LogP contribution in [0.15, 0.2) is 28.7 Å². The summed E-state index contributed by atoms with van der Waals surface area (Å²) in [5.74, 6) is -1.96. The maximum atomic E-state index is 12.5. The van der Waals surface area contributed by atoms with Gasteiger partial charge in [-0.3, -0.25) is 9.59 Å². The van der Waals surface area contributed by atoms with Gasteiger partial charge in [-0.1, -0.05) is 0 Å². The largest absolute Gasteiger partial charge is 0.465 e. The fourth-order valence-electron chi connectivity index (χ4n) is 2.68. The maximum absolute atomic E-state index is 12.5. The van der Waals surface area contributed by atoms with Crippen LogP contribution < -0.4 is 0 Å². The van der Waals surface area contributed by atoms with Gasteiger partial charge < -0.3 is 13.9 Å². The van der Waals surface area contributed by atoms with Crippen molar-refractivity contribution in [2.45, 2.75) is 13.8 Å². The molecule has 0 spiro atoms. The Balaban J connectivity index is 2.34. The molecule has 0 saturated carbocycles. The average Bonchev–Trinajstić information content (AvgIpc) is 3.43. The first-order valence-corrected chi connectivity index (χ1v) is 9.97. The van der Waals surface area contributed by atoms with E-state index in [1.54, 1.807) is 24.3 Å². The maximum Gasteiger partial charge on any atom is 0.374 e. The predicted octanol–water partition coefficient (Wildman–Crippen LogP) is 4.72. The number of thiophene rings is 2. The topological polar surface area (TPSA) is 99.9 Å². The van der Waals surface area contributed by atoms with E-state index in [-0.39, 0.29) is 28.7 Å². The summed E-state index contributed by atoms with van der Waals surface area (Å²) in [7, 11) is 2.36. The number of rotatable bonds is 6. The van der Waals surface area contributed by atoms with Crippen LogP contribution in [0.5, 0.6) is 0 Å². The molecule has 3 rings (SSSR count). The smallest absolute Gasteiger partial charge is 0.374 e. The third-order valence-electron chi connectivity index (χ3n) is 4.04. The van der Waals surface area contributed by atoms with Crippen LogP contribution in [0.3, 0.4) is 0 Å². The average molecular weight is 432 g/mol. The summed E-state index contributed by atoms with van der Waals surface area (Å²) in [6.45, 7) is 2.88. The summed E-state index contributed by atoms with van der Waals surface area (Å²) in [4.78, 5) is 50.3. The van der Waals surface area contributed by atoms with Crippen molar-refractivity contribution in [1.82, 2.24) is 0 Å². The number of ketones is 2. The molecule has 3 aromatic heterocycles. The van der Waals surface area contributed by atoms with Gasteiger partial charge in [-0.15, -0.1) is 22.7 Å². The molecule has 0 saturated heterocycles. The Hall–Kier alpha value is -3.04. The Kier molecular flexibility index (Phi) is 5.81. The molecular formula is C20H16O7S2. The van der Waals surface area contributed by atoms with Crippen molar-refractivity contribution in [2.75, 3.05) is 14.2 Å². The van der Waals surface area contributed by atoms with Gasteiger partial charge in [-0.25, -0.2) is 9.59 Å². The number of ether oxygens (including phenoxy) is 2. The Morgan fingerprint density at radius 3 is 1.79 bits per heavy atom. The number of carbonyl (C=O) groups excluding carboxylic acids is 4. The Morgan fingerprint density at radius 2 is 1.31 bits per heavy atom. The van der Waals surface area contributed by atoms with Crippen LogP contribution in [0, 0.1) is 0 Å². The molecule has 0 atom stereocenters. The highest BCUT2D eigenvalue weighted by atomic mass is 32.1. The Labute approximate surface area is 173 Å². The van der Waals surface area contributed by atoms with Gasteiger partial charge >= 0.3 is 11.9 Å². The second-order valence-electron chi connectivity index (χ2n) is 5.93. The summed E-state index contributed by atoms with van der Waals surface area (Å²) in [5, 5.41) is 0. The van der Waals surface area contributed by atoms with E-state index in [0.29, 0.717) is 25.1 Å². The summed E-state index contributed by atoms with van der Waals surface area (Å²) in [6, 6.07) is 6.61. The van der Waals surface area contributed by atoms with Crippen LogP contribution in [-0.4, -0.2) is 37.7 Å². The van der Waals surface area contributed by atoms with Gasteiger partial charge in [-0.2, -0.15) is 0 Å². The van der Waals surface area contributed by atoms with E-state index in [9.17, 15) is 19.2 Å². The standard InChI is InChI=1S/C20H16O7S2/c1-9(21)11-5-7-13(28-11)15-16(19(23)25-3)18(20(24)26-4)27-17(15)14-8-6-12(29-14)10(2)22/h5-8H,1-4H3. The van der Waals surface area contributed by atoms with E-state index in [2.05, 4.69) is 0 Å². The molecule has 3 aromatic rings. The molecule has 9 heteroatoms. The second-order valence-corrected chi connectivity index (χ2v) is 8.10. The monoisotopic (exact) mass is 432 g/mol. The molecule has 0 N–H and O–H groups in total. The number of hydrogen-bond donors (Lipinski definition) is 0. The van der Waals surface area contributed by atoms with Crippen molar-refractivity contribution in [3.05, 3.63) is 45.3 Å². The van der Waals surface area contributed by atoms with E-state index < -0.39 is 11.9 Å². The van der Waals surface area contributed by atoms with Gasteiger partial charge in [0.25, 0.3) is 0 Å². The Bertz CT molecular complexity index is 1130. The highest BCUT2D eigenvalue weighted by Crippen LogP contribution is 2.44. The molecular weight excluding hydrogens is 416 g/mol. The van der Waals surface area contributed by atoms with E-state index in [1.807, 2.05) is 0 Å². The SMILES string of the molecule is COC(=O)c1oc(-c2ccc(C(C)=O)s2)c(-c2ccc(C(C)=O)s2)c1C(=O)OC. The molecule has 0 radical (unpaired) electrons. The second kappa shape index (κ2) is 8.14. The van der Waals surface area contributed by atoms with E-state index in [4.69, 9.17) is 13.9 Å². The van der Waals surface area contributed by atoms with Crippen molar-refractivity contribution >= 4 is 46.2 Å². The van der Waals surface area contributed by atoms with Crippen LogP contribution >= 0.6 is 22.7 Å². The molecule has 3 heterocycles.